The first kappa shape index (κ1) is 40.7. The van der Waals surface area contributed by atoms with Gasteiger partial charge in [0.15, 0.2) is 23.5 Å². The molecule has 0 bridgehead atoms. The summed E-state index contributed by atoms with van der Waals surface area (Å²) >= 11 is 0. The average Bonchev–Trinajstić information content (AvgIpc) is 3.16. The van der Waals surface area contributed by atoms with E-state index < -0.39 is 133 Å². The first-order valence-corrected chi connectivity index (χ1v) is 16.9. The number of phenolic OH excluding ortho intramolecular Hbond substituents is 2. The van der Waals surface area contributed by atoms with Crippen molar-refractivity contribution in [1.82, 2.24) is 0 Å². The number of aromatic hydroxyl groups is 2. The minimum atomic E-state index is -2.03. The number of aliphatic hydroxyl groups excluding tert-OH is 10. The van der Waals surface area contributed by atoms with Gasteiger partial charge in [0.2, 0.25) is 23.8 Å². The highest BCUT2D eigenvalue weighted by Gasteiger charge is 2.48. The number of methoxy groups -OCH3 is 1. The SMILES string of the molecule is COc1cc(-c2oc3cc(O[C@@H]4O[C@H](CO)[C@@H](O)[C@H](O)[C@H]4O)cc(O)c3c(=O)c2OC2OC(CO[C@@H]3O[C@@H](C)[C@H](O)[C@@H](O)[C@H]3O)C(O)C(O)C2O)ccc1O. The van der Waals surface area contributed by atoms with Crippen LogP contribution in [0.5, 0.6) is 28.7 Å². The second kappa shape index (κ2) is 16.3. The van der Waals surface area contributed by atoms with E-state index in [-0.39, 0.29) is 28.4 Å². The zero-order valence-electron chi connectivity index (χ0n) is 29.0. The van der Waals surface area contributed by atoms with Gasteiger partial charge in [-0.25, -0.2) is 0 Å². The molecule has 0 amide bonds. The number of rotatable bonds is 10. The molecule has 21 heteroatoms. The summed E-state index contributed by atoms with van der Waals surface area (Å²) < 4.78 is 44.6. The molecule has 0 spiro atoms. The first-order chi connectivity index (χ1) is 26.1. The van der Waals surface area contributed by atoms with Gasteiger partial charge in [0.25, 0.3) is 0 Å². The van der Waals surface area contributed by atoms with E-state index in [1.54, 1.807) is 0 Å². The maximum Gasteiger partial charge on any atom is 0.239 e. The van der Waals surface area contributed by atoms with Crippen LogP contribution < -0.4 is 19.6 Å². The average molecular weight is 787 g/mol. The summed E-state index contributed by atoms with van der Waals surface area (Å²) in [5, 5.41) is 124. The predicted molar refractivity (Wildman–Crippen MR) is 178 cm³/mol. The van der Waals surface area contributed by atoms with Crippen LogP contribution in [0.25, 0.3) is 22.3 Å². The van der Waals surface area contributed by atoms with Crippen molar-refractivity contribution in [3.8, 4) is 40.1 Å². The van der Waals surface area contributed by atoms with Crippen LogP contribution in [0.15, 0.2) is 39.5 Å². The third-order valence-electron chi connectivity index (χ3n) is 9.58. The van der Waals surface area contributed by atoms with Crippen molar-refractivity contribution in [3.05, 3.63) is 40.6 Å². The van der Waals surface area contributed by atoms with E-state index in [9.17, 15) is 66.1 Å². The Morgan fingerprint density at radius 2 is 1.27 bits per heavy atom. The Bertz CT molecular complexity index is 1870. The fourth-order valence-corrected chi connectivity index (χ4v) is 6.35. The largest absolute Gasteiger partial charge is 0.507 e. The van der Waals surface area contributed by atoms with E-state index in [1.165, 1.54) is 32.2 Å². The molecule has 5 unspecified atom stereocenters. The van der Waals surface area contributed by atoms with Crippen LogP contribution in [0.2, 0.25) is 0 Å². The van der Waals surface area contributed by atoms with E-state index in [4.69, 9.17) is 37.6 Å². The Labute approximate surface area is 309 Å². The lowest BCUT2D eigenvalue weighted by Gasteiger charge is -2.42. The van der Waals surface area contributed by atoms with Gasteiger partial charge < -0.3 is 98.9 Å². The van der Waals surface area contributed by atoms with Crippen LogP contribution in [0.4, 0.5) is 0 Å². The van der Waals surface area contributed by atoms with Crippen LogP contribution in [-0.2, 0) is 18.9 Å². The van der Waals surface area contributed by atoms with E-state index >= 15 is 0 Å². The number of fused-ring (bicyclic) bond motifs is 1. The Balaban J connectivity index is 1.35. The molecule has 0 radical (unpaired) electrons. The van der Waals surface area contributed by atoms with Gasteiger partial charge in [-0.05, 0) is 25.1 Å². The Hall–Kier alpha value is -3.91. The Kier molecular flexibility index (Phi) is 12.1. The molecular formula is C34H42O21. The van der Waals surface area contributed by atoms with Crippen LogP contribution >= 0.6 is 0 Å². The van der Waals surface area contributed by atoms with Crippen LogP contribution in [0.1, 0.15) is 6.92 Å². The molecule has 2 aromatic carbocycles. The van der Waals surface area contributed by atoms with Crippen molar-refractivity contribution in [2.75, 3.05) is 20.3 Å². The zero-order chi connectivity index (χ0) is 40.0. The van der Waals surface area contributed by atoms with Crippen molar-refractivity contribution in [2.24, 2.45) is 0 Å². The maximum atomic E-state index is 14.2. The standard InChI is InChI=1S/C34H42O21/c1-10-20(38)24(42)27(45)32(50-10)49-9-18-22(40)26(44)29(47)34(54-18)55-31-23(41)19-14(37)6-12(51-33-28(46)25(43)21(39)17(8-35)53-33)7-16(19)52-30(31)11-3-4-13(36)15(5-11)48-2/h3-7,10,17-18,20-22,24-29,32-40,42-47H,8-9H2,1-2H3/t10-,17+,18?,20-,21+,22?,24+,25-,26?,27+,28+,29?,32+,33+,34?/m0/s1. The smallest absolute Gasteiger partial charge is 0.239 e. The normalized spacial score (nSPS) is 36.8. The maximum absolute atomic E-state index is 14.2. The van der Waals surface area contributed by atoms with E-state index in [1.807, 2.05) is 0 Å². The van der Waals surface area contributed by atoms with Gasteiger partial charge in [0, 0.05) is 17.7 Å². The molecule has 4 heterocycles. The number of benzene rings is 2. The second-order valence-corrected chi connectivity index (χ2v) is 13.3. The summed E-state index contributed by atoms with van der Waals surface area (Å²) in [4.78, 5) is 14.2. The van der Waals surface area contributed by atoms with Crippen molar-refractivity contribution in [1.29, 1.82) is 0 Å². The van der Waals surface area contributed by atoms with E-state index in [2.05, 4.69) is 0 Å². The number of aliphatic hydroxyl groups is 10. The predicted octanol–water partition coefficient (Wildman–Crippen LogP) is -3.91. The van der Waals surface area contributed by atoms with Crippen LogP contribution in [0.3, 0.4) is 0 Å². The zero-order valence-corrected chi connectivity index (χ0v) is 29.0. The number of ether oxygens (including phenoxy) is 7. The monoisotopic (exact) mass is 786 g/mol. The van der Waals surface area contributed by atoms with E-state index in [0.29, 0.717) is 0 Å². The first-order valence-electron chi connectivity index (χ1n) is 16.9. The molecule has 304 valence electrons. The summed E-state index contributed by atoms with van der Waals surface area (Å²) in [5.74, 6) is -2.58. The lowest BCUT2D eigenvalue weighted by Crippen LogP contribution is -2.61. The molecule has 0 saturated carbocycles. The Morgan fingerprint density at radius 1 is 0.673 bits per heavy atom. The quantitative estimate of drug-likeness (QED) is 0.0934. The topological polar surface area (TPSA) is 338 Å². The highest BCUT2D eigenvalue weighted by molar-refractivity contribution is 5.88. The van der Waals surface area contributed by atoms with Gasteiger partial charge in [-0.15, -0.1) is 0 Å². The minimum Gasteiger partial charge on any atom is -0.507 e. The summed E-state index contributed by atoms with van der Waals surface area (Å²) in [6.45, 7) is 0.0170. The molecule has 1 aromatic heterocycles. The fraction of sp³-hybridized carbons (Fsp3) is 0.559. The molecule has 3 aliphatic heterocycles. The van der Waals surface area contributed by atoms with Gasteiger partial charge in [-0.2, -0.15) is 0 Å². The number of hydrogen-bond acceptors (Lipinski definition) is 21. The highest BCUT2D eigenvalue weighted by atomic mass is 16.7. The summed E-state index contributed by atoms with van der Waals surface area (Å²) in [5.41, 5.74) is -1.42. The van der Waals surface area contributed by atoms with Crippen LogP contribution in [0, 0.1) is 0 Å². The molecule has 3 saturated heterocycles. The fourth-order valence-electron chi connectivity index (χ4n) is 6.35. The molecule has 55 heavy (non-hydrogen) atoms. The van der Waals surface area contributed by atoms with Crippen molar-refractivity contribution >= 4 is 11.0 Å². The molecule has 15 atom stereocenters. The molecular weight excluding hydrogens is 744 g/mol. The summed E-state index contributed by atoms with van der Waals surface area (Å²) in [6, 6.07) is 5.75. The van der Waals surface area contributed by atoms with Gasteiger partial charge in [-0.1, -0.05) is 0 Å². The molecule has 12 N–H and O–H groups in total. The number of phenols is 2. The molecule has 0 aliphatic carbocycles. The minimum absolute atomic E-state index is 0.0208. The van der Waals surface area contributed by atoms with Gasteiger partial charge in [-0.3, -0.25) is 4.79 Å². The summed E-state index contributed by atoms with van der Waals surface area (Å²) in [7, 11) is 1.25. The summed E-state index contributed by atoms with van der Waals surface area (Å²) in [6.07, 6.45) is -24.9. The third kappa shape index (κ3) is 7.77. The van der Waals surface area contributed by atoms with Crippen molar-refractivity contribution in [3.63, 3.8) is 0 Å². The molecule has 3 fully saturated rings. The third-order valence-corrected chi connectivity index (χ3v) is 9.58. The van der Waals surface area contributed by atoms with Crippen LogP contribution in [-0.4, -0.2) is 174 Å². The second-order valence-electron chi connectivity index (χ2n) is 13.3. The van der Waals surface area contributed by atoms with E-state index in [0.717, 1.165) is 12.1 Å². The lowest BCUT2D eigenvalue weighted by molar-refractivity contribution is -0.318. The molecule has 3 aromatic rings. The van der Waals surface area contributed by atoms with Gasteiger partial charge >= 0.3 is 0 Å². The van der Waals surface area contributed by atoms with Gasteiger partial charge in [0.05, 0.1) is 26.4 Å². The molecule has 3 aliphatic rings. The molecule has 21 nitrogen and oxygen atoms in total. The van der Waals surface area contributed by atoms with Gasteiger partial charge in [0.1, 0.15) is 89.6 Å². The highest BCUT2D eigenvalue weighted by Crippen LogP contribution is 2.40. The molecule has 6 rings (SSSR count). The lowest BCUT2D eigenvalue weighted by atomic mass is 9.98. The van der Waals surface area contributed by atoms with Crippen molar-refractivity contribution in [2.45, 2.75) is 99.0 Å². The van der Waals surface area contributed by atoms with Crippen molar-refractivity contribution < 1.29 is 98.9 Å². The number of hydrogen-bond donors (Lipinski definition) is 12. The Morgan fingerprint density at radius 3 is 1.93 bits per heavy atom.